The molecule has 0 spiro atoms. The van der Waals surface area contributed by atoms with Crippen LogP contribution in [0.4, 0.5) is 5.69 Å². The molecule has 0 saturated carbocycles. The highest BCUT2D eigenvalue weighted by molar-refractivity contribution is 14.1. The molecule has 6 aromatic rings. The van der Waals surface area contributed by atoms with E-state index in [1.165, 1.54) is 30.1 Å². The van der Waals surface area contributed by atoms with Crippen molar-refractivity contribution < 1.29 is 18.8 Å². The maximum Gasteiger partial charge on any atom is 0.282 e. The van der Waals surface area contributed by atoms with Gasteiger partial charge in [-0.15, -0.1) is 0 Å². The van der Waals surface area contributed by atoms with Crippen molar-refractivity contribution >= 4 is 68.0 Å². The Balaban J connectivity index is 1.36. The second kappa shape index (κ2) is 11.9. The van der Waals surface area contributed by atoms with Gasteiger partial charge in [-0.3, -0.25) is 14.9 Å². The number of benzene rings is 4. The van der Waals surface area contributed by atoms with Crippen LogP contribution >= 0.6 is 34.2 Å². The Morgan fingerprint density at radius 1 is 1.09 bits per heavy atom. The summed E-state index contributed by atoms with van der Waals surface area (Å²) >= 11 is 8.29. The minimum Gasteiger partial charge on any atom is -0.493 e. The third kappa shape index (κ3) is 5.81. The Kier molecular flexibility index (Phi) is 7.82. The number of nitrogens with zero attached hydrogens (tertiary/aromatic N) is 4. The summed E-state index contributed by atoms with van der Waals surface area (Å²) in [6.07, 6.45) is 1.53. The fourth-order valence-electron chi connectivity index (χ4n) is 4.46. The molecule has 0 unspecified atom stereocenters. The lowest BCUT2D eigenvalue weighted by atomic mass is 10.2. The summed E-state index contributed by atoms with van der Waals surface area (Å²) in [7, 11) is 1.52. The third-order valence-corrected chi connectivity index (χ3v) is 7.59. The Morgan fingerprint density at radius 3 is 2.65 bits per heavy atom. The van der Waals surface area contributed by atoms with Gasteiger partial charge in [0.1, 0.15) is 12.2 Å². The van der Waals surface area contributed by atoms with E-state index in [4.69, 9.17) is 30.5 Å². The molecule has 4 aromatic carbocycles. The van der Waals surface area contributed by atoms with Crippen LogP contribution in [0, 0.1) is 13.7 Å². The highest BCUT2D eigenvalue weighted by Gasteiger charge is 2.17. The lowest BCUT2D eigenvalue weighted by Gasteiger charge is -2.14. The molecule has 0 aliphatic heterocycles. The molecule has 0 N–H and O–H groups in total. The van der Waals surface area contributed by atoms with Gasteiger partial charge in [0.15, 0.2) is 17.3 Å². The largest absolute Gasteiger partial charge is 0.493 e. The van der Waals surface area contributed by atoms with Crippen molar-refractivity contribution in [2.24, 2.45) is 5.10 Å². The standard InChI is InChI=1S/C31H20ClIN4O6/c1-41-27-13-19(12-24(33)29(27)42-17-18-6-9-22(10-7-18)37(39)40)16-34-36-30(35-25-5-3-2-4-23(25)31(36)38)28-15-20-14-21(32)8-11-26(20)43-28/h2-16H,17H2,1H3. The summed E-state index contributed by atoms with van der Waals surface area (Å²) in [6, 6.07) is 23.8. The third-order valence-electron chi connectivity index (χ3n) is 6.56. The number of aromatic nitrogens is 2. The van der Waals surface area contributed by atoms with Crippen LogP contribution in [-0.2, 0) is 6.61 Å². The van der Waals surface area contributed by atoms with E-state index >= 15 is 0 Å². The zero-order chi connectivity index (χ0) is 30.1. The van der Waals surface area contributed by atoms with Crippen molar-refractivity contribution in [1.82, 2.24) is 9.66 Å². The van der Waals surface area contributed by atoms with Crippen LogP contribution in [0.5, 0.6) is 11.5 Å². The summed E-state index contributed by atoms with van der Waals surface area (Å²) in [5, 5.41) is 17.2. The van der Waals surface area contributed by atoms with E-state index in [1.807, 2.05) is 12.1 Å². The zero-order valence-electron chi connectivity index (χ0n) is 22.4. The molecule has 0 amide bonds. The summed E-state index contributed by atoms with van der Waals surface area (Å²) < 4.78 is 19.6. The molecule has 0 radical (unpaired) electrons. The van der Waals surface area contributed by atoms with Crippen LogP contribution in [0.1, 0.15) is 11.1 Å². The molecule has 0 bridgehead atoms. The topological polar surface area (TPSA) is 122 Å². The smallest absolute Gasteiger partial charge is 0.282 e. The molecule has 0 fully saturated rings. The summed E-state index contributed by atoms with van der Waals surface area (Å²) in [4.78, 5) is 28.8. The lowest BCUT2D eigenvalue weighted by Crippen LogP contribution is -2.20. The van der Waals surface area contributed by atoms with E-state index in [9.17, 15) is 14.9 Å². The van der Waals surface area contributed by atoms with E-state index in [0.29, 0.717) is 44.3 Å². The predicted octanol–water partition coefficient (Wildman–Crippen LogP) is 7.45. The molecule has 0 aliphatic rings. The van der Waals surface area contributed by atoms with E-state index in [0.717, 1.165) is 14.5 Å². The quantitative estimate of drug-likeness (QED) is 0.0698. The van der Waals surface area contributed by atoms with Crippen molar-refractivity contribution in [2.75, 3.05) is 7.11 Å². The number of rotatable bonds is 8. The van der Waals surface area contributed by atoms with Gasteiger partial charge in [0, 0.05) is 22.5 Å². The molecule has 6 rings (SSSR count). The van der Waals surface area contributed by atoms with Gasteiger partial charge in [0.2, 0.25) is 5.82 Å². The van der Waals surface area contributed by atoms with Gasteiger partial charge in [-0.25, -0.2) is 4.98 Å². The summed E-state index contributed by atoms with van der Waals surface area (Å²) in [5.74, 6) is 1.55. The van der Waals surface area contributed by atoms with Crippen LogP contribution in [0.2, 0.25) is 5.02 Å². The minimum absolute atomic E-state index is 0.00754. The number of non-ortho nitro benzene ring substituents is 1. The second-order valence-corrected chi connectivity index (χ2v) is 11.0. The first-order chi connectivity index (χ1) is 20.8. The second-order valence-electron chi connectivity index (χ2n) is 9.35. The molecule has 2 aromatic heterocycles. The average Bonchev–Trinajstić information content (AvgIpc) is 3.43. The molecular formula is C31H20ClIN4O6. The highest BCUT2D eigenvalue weighted by Crippen LogP contribution is 2.34. The molecule has 2 heterocycles. The summed E-state index contributed by atoms with van der Waals surface area (Å²) in [5.41, 5.74) is 2.16. The van der Waals surface area contributed by atoms with Crippen LogP contribution in [0.15, 0.2) is 99.2 Å². The summed E-state index contributed by atoms with van der Waals surface area (Å²) in [6.45, 7) is 0.183. The molecular weight excluding hydrogens is 687 g/mol. The molecule has 214 valence electrons. The lowest BCUT2D eigenvalue weighted by molar-refractivity contribution is -0.384. The number of para-hydroxylation sites is 1. The van der Waals surface area contributed by atoms with Gasteiger partial charge < -0.3 is 13.9 Å². The van der Waals surface area contributed by atoms with E-state index in [-0.39, 0.29) is 23.7 Å². The van der Waals surface area contributed by atoms with Gasteiger partial charge in [-0.05, 0) is 94.4 Å². The van der Waals surface area contributed by atoms with Crippen LogP contribution in [-0.4, -0.2) is 27.9 Å². The predicted molar refractivity (Wildman–Crippen MR) is 172 cm³/mol. The highest BCUT2D eigenvalue weighted by atomic mass is 127. The SMILES string of the molecule is COc1cc(C=Nn2c(-c3cc4cc(Cl)ccc4o3)nc3ccccc3c2=O)cc(I)c1OCc1ccc([N+](=O)[O-])cc1. The fourth-order valence-corrected chi connectivity index (χ4v) is 5.42. The van der Waals surface area contributed by atoms with Gasteiger partial charge in [0.05, 0.1) is 32.7 Å². The van der Waals surface area contributed by atoms with Crippen molar-refractivity contribution in [3.8, 4) is 23.1 Å². The molecule has 0 atom stereocenters. The number of methoxy groups -OCH3 is 1. The molecule has 0 aliphatic carbocycles. The number of nitro groups is 1. The Hall–Kier alpha value is -4.75. The van der Waals surface area contributed by atoms with Crippen LogP contribution in [0.25, 0.3) is 33.5 Å². The van der Waals surface area contributed by atoms with Gasteiger partial charge in [0.25, 0.3) is 11.2 Å². The first kappa shape index (κ1) is 28.4. The van der Waals surface area contributed by atoms with Gasteiger partial charge in [-0.1, -0.05) is 23.7 Å². The number of halogens is 2. The van der Waals surface area contributed by atoms with E-state index in [2.05, 4.69) is 27.7 Å². The fraction of sp³-hybridized carbons (Fsp3) is 0.0645. The van der Waals surface area contributed by atoms with Crippen molar-refractivity contribution in [2.45, 2.75) is 6.61 Å². The molecule has 43 heavy (non-hydrogen) atoms. The first-order valence-corrected chi connectivity index (χ1v) is 14.3. The maximum atomic E-state index is 13.6. The Bertz CT molecular complexity index is 2110. The van der Waals surface area contributed by atoms with Crippen molar-refractivity contribution in [3.63, 3.8) is 0 Å². The monoisotopic (exact) mass is 706 g/mol. The molecule has 0 saturated heterocycles. The maximum absolute atomic E-state index is 13.6. The number of hydrogen-bond donors (Lipinski definition) is 0. The van der Waals surface area contributed by atoms with E-state index in [1.54, 1.807) is 60.7 Å². The molecule has 12 heteroatoms. The minimum atomic E-state index is -0.450. The van der Waals surface area contributed by atoms with E-state index < -0.39 is 4.92 Å². The molecule has 10 nitrogen and oxygen atoms in total. The number of fused-ring (bicyclic) bond motifs is 2. The van der Waals surface area contributed by atoms with Crippen LogP contribution < -0.4 is 15.0 Å². The van der Waals surface area contributed by atoms with Crippen molar-refractivity contribution in [1.29, 1.82) is 0 Å². The van der Waals surface area contributed by atoms with Crippen LogP contribution in [0.3, 0.4) is 0 Å². The number of furan rings is 1. The zero-order valence-corrected chi connectivity index (χ0v) is 25.3. The van der Waals surface area contributed by atoms with Gasteiger partial charge >= 0.3 is 0 Å². The number of nitro benzene ring substituents is 1. The number of ether oxygens (including phenoxy) is 2. The van der Waals surface area contributed by atoms with Crippen molar-refractivity contribution in [3.05, 3.63) is 125 Å². The Labute approximate surface area is 262 Å². The normalized spacial score (nSPS) is 11.4. The number of hydrogen-bond acceptors (Lipinski definition) is 8. The van der Waals surface area contributed by atoms with Gasteiger partial charge in [-0.2, -0.15) is 9.78 Å². The average molecular weight is 707 g/mol. The first-order valence-electron chi connectivity index (χ1n) is 12.8. The Morgan fingerprint density at radius 2 is 1.88 bits per heavy atom.